The Labute approximate surface area is 164 Å². The molecule has 146 valence electrons. The van der Waals surface area contributed by atoms with E-state index in [4.69, 9.17) is 4.74 Å². The first kappa shape index (κ1) is 19.6. The zero-order valence-electron chi connectivity index (χ0n) is 16.7. The molecule has 6 nitrogen and oxygen atoms in total. The highest BCUT2D eigenvalue weighted by molar-refractivity contribution is 5.78. The van der Waals surface area contributed by atoms with Crippen LogP contribution in [-0.4, -0.2) is 22.6 Å². The average Bonchev–Trinajstić information content (AvgIpc) is 2.68. The fraction of sp³-hybridized carbons (Fsp3) is 0.318. The lowest BCUT2D eigenvalue weighted by molar-refractivity contribution is -0.121. The highest BCUT2D eigenvalue weighted by atomic mass is 16.5. The van der Waals surface area contributed by atoms with Crippen molar-refractivity contribution in [1.82, 2.24) is 14.9 Å². The Morgan fingerprint density at radius 2 is 1.86 bits per heavy atom. The molecule has 28 heavy (non-hydrogen) atoms. The number of carbonyl (C=O) groups excluding carboxylic acids is 1. The molecule has 0 radical (unpaired) electrons. The summed E-state index contributed by atoms with van der Waals surface area (Å²) >= 11 is 0. The van der Waals surface area contributed by atoms with Gasteiger partial charge >= 0.3 is 0 Å². The zero-order valence-corrected chi connectivity index (χ0v) is 16.7. The van der Waals surface area contributed by atoms with Crippen LogP contribution >= 0.6 is 0 Å². The number of methoxy groups -OCH3 is 1. The lowest BCUT2D eigenvalue weighted by Crippen LogP contribution is -2.29. The first-order valence-corrected chi connectivity index (χ1v) is 9.27. The number of hydrogen-bond donors (Lipinski definition) is 1. The Morgan fingerprint density at radius 1 is 1.14 bits per heavy atom. The van der Waals surface area contributed by atoms with E-state index in [1.807, 2.05) is 50.2 Å². The van der Waals surface area contributed by atoms with Crippen molar-refractivity contribution in [2.75, 3.05) is 7.11 Å². The Hall–Kier alpha value is -3.15. The van der Waals surface area contributed by atoms with Crippen molar-refractivity contribution >= 4 is 16.9 Å². The minimum absolute atomic E-state index is 0.121. The minimum Gasteiger partial charge on any atom is -0.496 e. The molecule has 1 heterocycles. The molecule has 1 N–H and O–H groups in total. The number of fused-ring (bicyclic) bond motifs is 1. The summed E-state index contributed by atoms with van der Waals surface area (Å²) in [6, 6.07) is 11.5. The second-order valence-electron chi connectivity index (χ2n) is 6.92. The van der Waals surface area contributed by atoms with E-state index in [1.165, 1.54) is 0 Å². The van der Waals surface area contributed by atoms with Gasteiger partial charge in [-0.3, -0.25) is 9.59 Å². The number of carbonyl (C=O) groups is 1. The number of ether oxygens (including phenoxy) is 1. The summed E-state index contributed by atoms with van der Waals surface area (Å²) in [5, 5.41) is 2.90. The number of hydrogen-bond acceptors (Lipinski definition) is 4. The van der Waals surface area contributed by atoms with Crippen molar-refractivity contribution in [3.05, 3.63) is 69.1 Å². The second kappa shape index (κ2) is 8.25. The van der Waals surface area contributed by atoms with E-state index in [-0.39, 0.29) is 17.9 Å². The Kier molecular flexibility index (Phi) is 5.78. The van der Waals surface area contributed by atoms with Crippen LogP contribution in [0.25, 0.3) is 11.0 Å². The SMILES string of the molecule is COc1ccccc1CNC(=O)CCn1c(=O)c(C)nc2cc(C)c(C)cc21. The van der Waals surface area contributed by atoms with Crippen LogP contribution in [0.1, 0.15) is 28.8 Å². The van der Waals surface area contributed by atoms with Gasteiger partial charge in [0, 0.05) is 25.1 Å². The van der Waals surface area contributed by atoms with Crippen LogP contribution in [0.4, 0.5) is 0 Å². The van der Waals surface area contributed by atoms with E-state index in [0.717, 1.165) is 33.5 Å². The largest absolute Gasteiger partial charge is 0.496 e. The highest BCUT2D eigenvalue weighted by Gasteiger charge is 2.12. The third kappa shape index (κ3) is 4.06. The molecule has 6 heteroatoms. The molecule has 0 aliphatic carbocycles. The molecule has 0 saturated heterocycles. The summed E-state index contributed by atoms with van der Waals surface area (Å²) in [6.45, 7) is 6.41. The monoisotopic (exact) mass is 379 g/mol. The molecule has 0 aliphatic heterocycles. The van der Waals surface area contributed by atoms with Gasteiger partial charge in [0.2, 0.25) is 5.91 Å². The van der Waals surface area contributed by atoms with E-state index < -0.39 is 0 Å². The van der Waals surface area contributed by atoms with Crippen LogP contribution in [0.3, 0.4) is 0 Å². The number of aromatic nitrogens is 2. The van der Waals surface area contributed by atoms with Gasteiger partial charge < -0.3 is 14.6 Å². The van der Waals surface area contributed by atoms with Gasteiger partial charge in [0.05, 0.1) is 18.1 Å². The van der Waals surface area contributed by atoms with Gasteiger partial charge in [0.15, 0.2) is 0 Å². The molecule has 0 bridgehead atoms. The zero-order chi connectivity index (χ0) is 20.3. The van der Waals surface area contributed by atoms with Crippen LogP contribution in [0.5, 0.6) is 5.75 Å². The van der Waals surface area contributed by atoms with Gasteiger partial charge in [0.25, 0.3) is 5.56 Å². The quantitative estimate of drug-likeness (QED) is 0.714. The number of benzene rings is 2. The first-order chi connectivity index (χ1) is 13.4. The molecule has 0 saturated carbocycles. The molecule has 1 amide bonds. The molecular formula is C22H25N3O3. The normalized spacial score (nSPS) is 10.9. The maximum absolute atomic E-state index is 12.6. The van der Waals surface area contributed by atoms with E-state index >= 15 is 0 Å². The molecule has 3 aromatic rings. The molecule has 1 aromatic heterocycles. The maximum Gasteiger partial charge on any atom is 0.272 e. The van der Waals surface area contributed by atoms with Crippen LogP contribution in [0, 0.1) is 20.8 Å². The Balaban J connectivity index is 1.76. The van der Waals surface area contributed by atoms with Crippen molar-refractivity contribution in [3.63, 3.8) is 0 Å². The van der Waals surface area contributed by atoms with Gasteiger partial charge in [-0.25, -0.2) is 4.98 Å². The predicted octanol–water partition coefficient (Wildman–Crippen LogP) is 3.04. The number of amides is 1. The van der Waals surface area contributed by atoms with E-state index in [9.17, 15) is 9.59 Å². The van der Waals surface area contributed by atoms with Crippen molar-refractivity contribution in [2.45, 2.75) is 40.3 Å². The number of nitrogens with zero attached hydrogens (tertiary/aromatic N) is 2. The first-order valence-electron chi connectivity index (χ1n) is 9.27. The van der Waals surface area contributed by atoms with Crippen LogP contribution in [0.15, 0.2) is 41.2 Å². The third-order valence-corrected chi connectivity index (χ3v) is 4.96. The van der Waals surface area contributed by atoms with Crippen molar-refractivity contribution in [2.24, 2.45) is 0 Å². The highest BCUT2D eigenvalue weighted by Crippen LogP contribution is 2.18. The fourth-order valence-corrected chi connectivity index (χ4v) is 3.19. The number of rotatable bonds is 6. The van der Waals surface area contributed by atoms with Crippen LogP contribution in [0.2, 0.25) is 0 Å². The molecule has 0 atom stereocenters. The molecule has 0 spiro atoms. The Bertz CT molecular complexity index is 1090. The van der Waals surface area contributed by atoms with E-state index in [1.54, 1.807) is 18.6 Å². The molecular weight excluding hydrogens is 354 g/mol. The van der Waals surface area contributed by atoms with E-state index in [2.05, 4.69) is 10.3 Å². The fourth-order valence-electron chi connectivity index (χ4n) is 3.19. The summed E-state index contributed by atoms with van der Waals surface area (Å²) in [5.74, 6) is 0.616. The molecule has 0 aliphatic rings. The maximum atomic E-state index is 12.6. The smallest absolute Gasteiger partial charge is 0.272 e. The van der Waals surface area contributed by atoms with Gasteiger partial charge in [-0.05, 0) is 50.1 Å². The average molecular weight is 379 g/mol. The summed E-state index contributed by atoms with van der Waals surface area (Å²) in [5.41, 5.74) is 4.93. The number of para-hydroxylation sites is 1. The lowest BCUT2D eigenvalue weighted by Gasteiger charge is -2.13. The van der Waals surface area contributed by atoms with Crippen LogP contribution < -0.4 is 15.6 Å². The number of aryl methyl sites for hydroxylation is 4. The lowest BCUT2D eigenvalue weighted by atomic mass is 10.1. The topological polar surface area (TPSA) is 73.2 Å². The minimum atomic E-state index is -0.159. The standard InChI is InChI=1S/C22H25N3O3/c1-14-11-18-19(12-15(14)2)25(22(27)16(3)24-18)10-9-21(26)23-13-17-7-5-6-8-20(17)28-4/h5-8,11-12H,9-10,13H2,1-4H3,(H,23,26). The molecule has 3 rings (SSSR count). The van der Waals surface area contributed by atoms with Gasteiger partial charge in [-0.1, -0.05) is 18.2 Å². The van der Waals surface area contributed by atoms with Crippen LogP contribution in [-0.2, 0) is 17.9 Å². The summed E-state index contributed by atoms with van der Waals surface area (Å²) in [6.07, 6.45) is 0.209. The van der Waals surface area contributed by atoms with Crippen molar-refractivity contribution < 1.29 is 9.53 Å². The van der Waals surface area contributed by atoms with Crippen molar-refractivity contribution in [1.29, 1.82) is 0 Å². The van der Waals surface area contributed by atoms with Gasteiger partial charge in [0.1, 0.15) is 11.4 Å². The molecule has 2 aromatic carbocycles. The summed E-state index contributed by atoms with van der Waals surface area (Å²) < 4.78 is 6.95. The third-order valence-electron chi connectivity index (χ3n) is 4.96. The van der Waals surface area contributed by atoms with E-state index in [0.29, 0.717) is 18.8 Å². The van der Waals surface area contributed by atoms with Crippen molar-refractivity contribution in [3.8, 4) is 5.75 Å². The molecule has 0 fully saturated rings. The van der Waals surface area contributed by atoms with Gasteiger partial charge in [-0.15, -0.1) is 0 Å². The predicted molar refractivity (Wildman–Crippen MR) is 110 cm³/mol. The number of nitrogens with one attached hydrogen (secondary N) is 1. The molecule has 0 unspecified atom stereocenters. The second-order valence-corrected chi connectivity index (χ2v) is 6.92. The summed E-state index contributed by atoms with van der Waals surface area (Å²) in [4.78, 5) is 29.4. The Morgan fingerprint density at radius 3 is 2.61 bits per heavy atom. The van der Waals surface area contributed by atoms with Gasteiger partial charge in [-0.2, -0.15) is 0 Å². The summed E-state index contributed by atoms with van der Waals surface area (Å²) in [7, 11) is 1.60.